The number of rotatable bonds is 2. The average Bonchev–Trinajstić information content (AvgIpc) is 2.91. The van der Waals surface area contributed by atoms with Crippen LogP contribution in [0, 0.1) is 0 Å². The summed E-state index contributed by atoms with van der Waals surface area (Å²) in [5.74, 6) is 1.74. The maximum atomic E-state index is 4.84. The zero-order valence-corrected chi connectivity index (χ0v) is 11.1. The maximum Gasteiger partial charge on any atom is 0.132 e. The molecule has 1 fully saturated rings. The highest BCUT2D eigenvalue weighted by atomic mass is 32.2. The van der Waals surface area contributed by atoms with Gasteiger partial charge in [0.25, 0.3) is 0 Å². The van der Waals surface area contributed by atoms with Crippen molar-refractivity contribution in [1.29, 1.82) is 0 Å². The Kier molecular flexibility index (Phi) is 3.34. The third kappa shape index (κ3) is 2.20. The predicted molar refractivity (Wildman–Crippen MR) is 70.4 cm³/mol. The summed E-state index contributed by atoms with van der Waals surface area (Å²) in [4.78, 5) is 9.64. The molecular formula is C13H19N3S. The van der Waals surface area contributed by atoms with Crippen LogP contribution in [0.25, 0.3) is 0 Å². The summed E-state index contributed by atoms with van der Waals surface area (Å²) in [5, 5.41) is 4.61. The number of nitrogens with one attached hydrogen (secondary N) is 1. The second-order valence-electron chi connectivity index (χ2n) is 4.92. The van der Waals surface area contributed by atoms with Crippen molar-refractivity contribution in [3.8, 4) is 0 Å². The number of fused-ring (bicyclic) bond motifs is 1. The first-order chi connectivity index (χ1) is 8.38. The lowest BCUT2D eigenvalue weighted by Gasteiger charge is -2.20. The van der Waals surface area contributed by atoms with Crippen molar-refractivity contribution in [1.82, 2.24) is 15.3 Å². The van der Waals surface area contributed by atoms with Crippen LogP contribution in [-0.2, 0) is 13.0 Å². The number of hydrogen-bond donors (Lipinski definition) is 1. The van der Waals surface area contributed by atoms with Crippen LogP contribution in [0.5, 0.6) is 0 Å². The van der Waals surface area contributed by atoms with Crippen LogP contribution in [0.2, 0.25) is 0 Å². The standard InChI is InChI=1S/C13H19N3S/c1-17-13-10-8-14-7-6-11(10)15-12(16-13)9-4-2-3-5-9/h9,14H,2-8H2,1H3. The molecule has 0 unspecified atom stereocenters. The fraction of sp³-hybridized carbons (Fsp3) is 0.692. The zero-order chi connectivity index (χ0) is 11.7. The van der Waals surface area contributed by atoms with E-state index in [0.29, 0.717) is 5.92 Å². The molecule has 2 heterocycles. The molecule has 3 rings (SSSR count). The van der Waals surface area contributed by atoms with E-state index in [-0.39, 0.29) is 0 Å². The molecule has 0 radical (unpaired) electrons. The van der Waals surface area contributed by atoms with Gasteiger partial charge in [-0.2, -0.15) is 0 Å². The van der Waals surface area contributed by atoms with Crippen LogP contribution in [0.4, 0.5) is 0 Å². The summed E-state index contributed by atoms with van der Waals surface area (Å²) in [6.07, 6.45) is 8.44. The number of hydrogen-bond acceptors (Lipinski definition) is 4. The highest BCUT2D eigenvalue weighted by Gasteiger charge is 2.23. The largest absolute Gasteiger partial charge is 0.312 e. The molecule has 1 saturated carbocycles. The molecule has 92 valence electrons. The van der Waals surface area contributed by atoms with Crippen molar-refractivity contribution < 1.29 is 0 Å². The van der Waals surface area contributed by atoms with E-state index in [4.69, 9.17) is 9.97 Å². The van der Waals surface area contributed by atoms with E-state index in [1.165, 1.54) is 42.0 Å². The van der Waals surface area contributed by atoms with E-state index in [9.17, 15) is 0 Å². The first kappa shape index (κ1) is 11.5. The van der Waals surface area contributed by atoms with Crippen molar-refractivity contribution in [2.75, 3.05) is 12.8 Å². The molecule has 1 N–H and O–H groups in total. The molecule has 0 aromatic carbocycles. The van der Waals surface area contributed by atoms with Gasteiger partial charge in [0.1, 0.15) is 10.9 Å². The van der Waals surface area contributed by atoms with Gasteiger partial charge >= 0.3 is 0 Å². The minimum atomic E-state index is 0.626. The van der Waals surface area contributed by atoms with Gasteiger partial charge in [-0.15, -0.1) is 11.8 Å². The van der Waals surface area contributed by atoms with Gasteiger partial charge in [0, 0.05) is 31.0 Å². The molecule has 0 bridgehead atoms. The summed E-state index contributed by atoms with van der Waals surface area (Å²) in [6.45, 7) is 2.00. The van der Waals surface area contributed by atoms with Crippen molar-refractivity contribution in [2.24, 2.45) is 0 Å². The van der Waals surface area contributed by atoms with E-state index >= 15 is 0 Å². The Labute approximate surface area is 107 Å². The Morgan fingerprint density at radius 1 is 1.24 bits per heavy atom. The Hall–Kier alpha value is -0.610. The molecule has 4 heteroatoms. The zero-order valence-electron chi connectivity index (χ0n) is 10.3. The first-order valence-corrected chi connectivity index (χ1v) is 7.75. The highest BCUT2D eigenvalue weighted by molar-refractivity contribution is 7.98. The lowest BCUT2D eigenvalue weighted by molar-refractivity contribution is 0.582. The number of thioether (sulfide) groups is 1. The van der Waals surface area contributed by atoms with E-state index in [1.807, 2.05) is 0 Å². The van der Waals surface area contributed by atoms with Crippen molar-refractivity contribution in [3.05, 3.63) is 17.1 Å². The molecule has 1 aromatic heterocycles. The lowest BCUT2D eigenvalue weighted by Crippen LogP contribution is -2.26. The third-order valence-corrected chi connectivity index (χ3v) is 4.55. The van der Waals surface area contributed by atoms with Gasteiger partial charge in [-0.3, -0.25) is 0 Å². The third-order valence-electron chi connectivity index (χ3n) is 3.83. The van der Waals surface area contributed by atoms with Crippen LogP contribution in [0.15, 0.2) is 5.03 Å². The smallest absolute Gasteiger partial charge is 0.132 e. The highest BCUT2D eigenvalue weighted by Crippen LogP contribution is 2.34. The molecular weight excluding hydrogens is 230 g/mol. The minimum Gasteiger partial charge on any atom is -0.312 e. The van der Waals surface area contributed by atoms with E-state index < -0.39 is 0 Å². The summed E-state index contributed by atoms with van der Waals surface area (Å²) in [6, 6.07) is 0. The van der Waals surface area contributed by atoms with Gasteiger partial charge < -0.3 is 5.32 Å². The fourth-order valence-corrected chi connectivity index (χ4v) is 3.49. The second-order valence-corrected chi connectivity index (χ2v) is 5.72. The van der Waals surface area contributed by atoms with Crippen molar-refractivity contribution >= 4 is 11.8 Å². The van der Waals surface area contributed by atoms with Crippen LogP contribution in [-0.4, -0.2) is 22.8 Å². The van der Waals surface area contributed by atoms with Gasteiger partial charge in [0.05, 0.1) is 5.69 Å². The Bertz CT molecular complexity index is 396. The number of aromatic nitrogens is 2. The lowest BCUT2D eigenvalue weighted by atomic mass is 10.1. The minimum absolute atomic E-state index is 0.626. The molecule has 1 aromatic rings. The van der Waals surface area contributed by atoms with E-state index in [2.05, 4.69) is 11.6 Å². The van der Waals surface area contributed by atoms with Gasteiger partial charge in [-0.1, -0.05) is 12.8 Å². The normalized spacial score (nSPS) is 20.5. The SMILES string of the molecule is CSc1nc(C2CCCC2)nc2c1CNCC2. The van der Waals surface area contributed by atoms with Crippen LogP contribution in [0.1, 0.15) is 48.7 Å². The molecule has 3 nitrogen and oxygen atoms in total. The predicted octanol–water partition coefficient (Wildman–Crippen LogP) is 2.50. The molecule has 0 saturated heterocycles. The Balaban J connectivity index is 1.99. The molecule has 17 heavy (non-hydrogen) atoms. The molecule has 0 atom stereocenters. The van der Waals surface area contributed by atoms with Crippen LogP contribution >= 0.6 is 11.8 Å². The van der Waals surface area contributed by atoms with E-state index in [0.717, 1.165) is 25.3 Å². The molecule has 1 aliphatic heterocycles. The second kappa shape index (κ2) is 4.94. The Morgan fingerprint density at radius 3 is 2.82 bits per heavy atom. The van der Waals surface area contributed by atoms with E-state index in [1.54, 1.807) is 11.8 Å². The van der Waals surface area contributed by atoms with Gasteiger partial charge in [0.2, 0.25) is 0 Å². The number of nitrogens with zero attached hydrogens (tertiary/aromatic N) is 2. The van der Waals surface area contributed by atoms with Crippen molar-refractivity contribution in [3.63, 3.8) is 0 Å². The van der Waals surface area contributed by atoms with Crippen LogP contribution < -0.4 is 5.32 Å². The molecule has 2 aliphatic rings. The van der Waals surface area contributed by atoms with Crippen molar-refractivity contribution in [2.45, 2.75) is 49.6 Å². The summed E-state index contributed by atoms with van der Waals surface area (Å²) < 4.78 is 0. The summed E-state index contributed by atoms with van der Waals surface area (Å²) in [7, 11) is 0. The fourth-order valence-electron chi connectivity index (χ4n) is 2.87. The van der Waals surface area contributed by atoms with Gasteiger partial charge in [-0.05, 0) is 19.1 Å². The summed E-state index contributed by atoms with van der Waals surface area (Å²) in [5.41, 5.74) is 2.63. The Morgan fingerprint density at radius 2 is 2.06 bits per heavy atom. The quantitative estimate of drug-likeness (QED) is 0.645. The topological polar surface area (TPSA) is 37.8 Å². The average molecular weight is 249 g/mol. The molecule has 0 spiro atoms. The maximum absolute atomic E-state index is 4.84. The van der Waals surface area contributed by atoms with Crippen LogP contribution in [0.3, 0.4) is 0 Å². The molecule has 1 aliphatic carbocycles. The van der Waals surface area contributed by atoms with Gasteiger partial charge in [-0.25, -0.2) is 9.97 Å². The summed E-state index contributed by atoms with van der Waals surface area (Å²) >= 11 is 1.77. The molecule has 0 amide bonds. The first-order valence-electron chi connectivity index (χ1n) is 6.53. The monoisotopic (exact) mass is 249 g/mol. The van der Waals surface area contributed by atoms with Gasteiger partial charge in [0.15, 0.2) is 0 Å².